The van der Waals surface area contributed by atoms with Crippen LogP contribution in [0.4, 0.5) is 0 Å². The minimum atomic E-state index is -0.216. The molecule has 0 radical (unpaired) electrons. The van der Waals surface area contributed by atoms with Crippen LogP contribution >= 0.6 is 0 Å². The number of esters is 1. The Hall–Kier alpha value is -1.31. The van der Waals surface area contributed by atoms with Crippen molar-refractivity contribution in [1.82, 2.24) is 0 Å². The fraction of sp³-hybridized carbons (Fsp3) is 0.708. The summed E-state index contributed by atoms with van der Waals surface area (Å²) >= 11 is 0. The van der Waals surface area contributed by atoms with Crippen LogP contribution in [-0.2, 0) is 4.74 Å². The number of hydrogen-bond donors (Lipinski definition) is 0. The average molecular weight is 361 g/mol. The lowest BCUT2D eigenvalue weighted by Crippen LogP contribution is -2.29. The van der Waals surface area contributed by atoms with Crippen molar-refractivity contribution in [3.8, 4) is 0 Å². The molecule has 1 atom stereocenters. The summed E-state index contributed by atoms with van der Waals surface area (Å²) in [6.45, 7) is 22.1. The van der Waals surface area contributed by atoms with Crippen molar-refractivity contribution in [2.24, 2.45) is 22.7 Å². The second kappa shape index (κ2) is 8.59. The van der Waals surface area contributed by atoms with Gasteiger partial charge in [-0.25, -0.2) is 4.79 Å². The Morgan fingerprint density at radius 3 is 1.69 bits per heavy atom. The van der Waals surface area contributed by atoms with E-state index in [1.54, 1.807) is 0 Å². The summed E-state index contributed by atoms with van der Waals surface area (Å²) in [5, 5.41) is 0. The molecule has 0 fully saturated rings. The van der Waals surface area contributed by atoms with Gasteiger partial charge in [-0.2, -0.15) is 0 Å². The molecule has 0 heterocycles. The molecule has 1 rings (SSSR count). The fourth-order valence-corrected chi connectivity index (χ4v) is 3.62. The molecular weight excluding hydrogens is 320 g/mol. The van der Waals surface area contributed by atoms with E-state index in [-0.39, 0.29) is 22.9 Å². The van der Waals surface area contributed by atoms with Gasteiger partial charge in [0.25, 0.3) is 0 Å². The van der Waals surface area contributed by atoms with E-state index in [9.17, 15) is 4.79 Å². The van der Waals surface area contributed by atoms with Crippen LogP contribution < -0.4 is 0 Å². The summed E-state index contributed by atoms with van der Waals surface area (Å²) in [7, 11) is 0. The van der Waals surface area contributed by atoms with Crippen molar-refractivity contribution in [3.05, 3.63) is 35.4 Å². The highest BCUT2D eigenvalue weighted by Crippen LogP contribution is 2.43. The Kier molecular flexibility index (Phi) is 7.51. The summed E-state index contributed by atoms with van der Waals surface area (Å²) in [6.07, 6.45) is 1.06. The molecule has 0 aliphatic rings. The van der Waals surface area contributed by atoms with Crippen LogP contribution in [0.25, 0.3) is 0 Å². The molecule has 26 heavy (non-hydrogen) atoms. The van der Waals surface area contributed by atoms with Crippen molar-refractivity contribution in [1.29, 1.82) is 0 Å². The van der Waals surface area contributed by atoms with E-state index in [1.165, 1.54) is 5.56 Å². The Morgan fingerprint density at radius 1 is 0.885 bits per heavy atom. The predicted octanol–water partition coefficient (Wildman–Crippen LogP) is 7.09. The second-order valence-electron chi connectivity index (χ2n) is 10.7. The normalized spacial score (nSPS) is 14.2. The molecule has 148 valence electrons. The standard InChI is InChI=1S/C24H40O2/c1-16(2)21(17(3)4)26-22(25)19-13-11-18(12-14-19)20(24(8,9)10)15-23(5,6)7/h11-14,16-17,20-21H,15H2,1-10H3. The zero-order valence-corrected chi connectivity index (χ0v) is 18.6. The Balaban J connectivity index is 3.00. The minimum Gasteiger partial charge on any atom is -0.458 e. The maximum Gasteiger partial charge on any atom is 0.338 e. The topological polar surface area (TPSA) is 26.3 Å². The number of carbonyl (C=O) groups excluding carboxylic acids is 1. The van der Waals surface area contributed by atoms with Gasteiger partial charge >= 0.3 is 5.97 Å². The van der Waals surface area contributed by atoms with Crippen molar-refractivity contribution in [2.75, 3.05) is 0 Å². The highest BCUT2D eigenvalue weighted by atomic mass is 16.5. The Labute approximate surface area is 161 Å². The van der Waals surface area contributed by atoms with Gasteiger partial charge in [0, 0.05) is 0 Å². The summed E-state index contributed by atoms with van der Waals surface area (Å²) in [6, 6.07) is 8.07. The molecule has 2 heteroatoms. The van der Waals surface area contributed by atoms with Crippen LogP contribution in [0.15, 0.2) is 24.3 Å². The van der Waals surface area contributed by atoms with Gasteiger partial charge in [0.2, 0.25) is 0 Å². The number of carbonyl (C=O) groups is 1. The van der Waals surface area contributed by atoms with Crippen LogP contribution in [-0.4, -0.2) is 12.1 Å². The Morgan fingerprint density at radius 2 is 1.35 bits per heavy atom. The van der Waals surface area contributed by atoms with E-state index < -0.39 is 0 Å². The molecular formula is C24H40O2. The first kappa shape index (κ1) is 22.7. The number of rotatable bonds is 6. The molecule has 1 unspecified atom stereocenters. The van der Waals surface area contributed by atoms with E-state index in [0.29, 0.717) is 23.3 Å². The maximum atomic E-state index is 12.5. The lowest BCUT2D eigenvalue weighted by molar-refractivity contribution is 0.00324. The van der Waals surface area contributed by atoms with E-state index in [1.807, 2.05) is 12.1 Å². The van der Waals surface area contributed by atoms with Crippen LogP contribution in [0, 0.1) is 22.7 Å². The molecule has 0 N–H and O–H groups in total. The SMILES string of the molecule is CC(C)C(OC(=O)c1ccc(C(CC(C)(C)C)C(C)(C)C)cc1)C(C)C. The van der Waals surface area contributed by atoms with E-state index in [4.69, 9.17) is 4.74 Å². The summed E-state index contributed by atoms with van der Waals surface area (Å²) in [5.74, 6) is 0.865. The molecule has 0 saturated carbocycles. The molecule has 1 aromatic rings. The van der Waals surface area contributed by atoms with E-state index in [2.05, 4.69) is 81.4 Å². The first-order chi connectivity index (χ1) is 11.7. The van der Waals surface area contributed by atoms with E-state index in [0.717, 1.165) is 6.42 Å². The maximum absolute atomic E-state index is 12.5. The van der Waals surface area contributed by atoms with Crippen LogP contribution in [0.1, 0.15) is 97.5 Å². The third-order valence-corrected chi connectivity index (χ3v) is 4.97. The van der Waals surface area contributed by atoms with Gasteiger partial charge in [0.1, 0.15) is 6.10 Å². The first-order valence-electron chi connectivity index (χ1n) is 10.0. The first-order valence-corrected chi connectivity index (χ1v) is 10.0. The van der Waals surface area contributed by atoms with Gasteiger partial charge in [0.05, 0.1) is 5.56 Å². The molecule has 0 aromatic heterocycles. The van der Waals surface area contributed by atoms with Crippen molar-refractivity contribution >= 4 is 5.97 Å². The van der Waals surface area contributed by atoms with Gasteiger partial charge in [-0.3, -0.25) is 0 Å². The third-order valence-electron chi connectivity index (χ3n) is 4.97. The third kappa shape index (κ3) is 6.78. The molecule has 2 nitrogen and oxygen atoms in total. The summed E-state index contributed by atoms with van der Waals surface area (Å²) in [4.78, 5) is 12.5. The highest BCUT2D eigenvalue weighted by molar-refractivity contribution is 5.89. The predicted molar refractivity (Wildman–Crippen MR) is 112 cm³/mol. The van der Waals surface area contributed by atoms with Gasteiger partial charge in [0.15, 0.2) is 0 Å². The molecule has 1 aromatic carbocycles. The van der Waals surface area contributed by atoms with Crippen molar-refractivity contribution in [3.63, 3.8) is 0 Å². The number of ether oxygens (including phenoxy) is 1. The fourth-order valence-electron chi connectivity index (χ4n) is 3.62. The number of hydrogen-bond acceptors (Lipinski definition) is 2. The van der Waals surface area contributed by atoms with Gasteiger partial charge < -0.3 is 4.74 Å². The molecule has 0 saturated heterocycles. The smallest absolute Gasteiger partial charge is 0.338 e. The van der Waals surface area contributed by atoms with Crippen LogP contribution in [0.3, 0.4) is 0 Å². The van der Waals surface area contributed by atoms with E-state index >= 15 is 0 Å². The zero-order chi connectivity index (χ0) is 20.3. The molecule has 0 aliphatic heterocycles. The summed E-state index contributed by atoms with van der Waals surface area (Å²) in [5.41, 5.74) is 2.38. The largest absolute Gasteiger partial charge is 0.458 e. The molecule has 0 amide bonds. The van der Waals surface area contributed by atoms with Crippen LogP contribution in [0.5, 0.6) is 0 Å². The lowest BCUT2D eigenvalue weighted by Gasteiger charge is -2.36. The van der Waals surface area contributed by atoms with Gasteiger partial charge in [-0.15, -0.1) is 0 Å². The second-order valence-corrected chi connectivity index (χ2v) is 10.7. The van der Waals surface area contributed by atoms with Crippen LogP contribution in [0.2, 0.25) is 0 Å². The molecule has 0 bridgehead atoms. The lowest BCUT2D eigenvalue weighted by atomic mass is 9.69. The molecule has 0 aliphatic carbocycles. The Bertz CT molecular complexity index is 560. The van der Waals surface area contributed by atoms with Crippen molar-refractivity contribution in [2.45, 2.75) is 87.7 Å². The van der Waals surface area contributed by atoms with Gasteiger partial charge in [-0.1, -0.05) is 81.4 Å². The molecule has 0 spiro atoms. The van der Waals surface area contributed by atoms with Crippen molar-refractivity contribution < 1.29 is 9.53 Å². The monoisotopic (exact) mass is 360 g/mol. The van der Waals surface area contributed by atoms with Gasteiger partial charge in [-0.05, 0) is 52.7 Å². The minimum absolute atomic E-state index is 0.0506. The number of benzene rings is 1. The summed E-state index contributed by atoms with van der Waals surface area (Å²) < 4.78 is 5.77. The average Bonchev–Trinajstić information content (AvgIpc) is 2.47. The quantitative estimate of drug-likeness (QED) is 0.506. The zero-order valence-electron chi connectivity index (χ0n) is 18.6. The highest BCUT2D eigenvalue weighted by Gasteiger charge is 2.30.